The standard InChI is InChI=1S/C13H16ClF3N2O3S/c1-8(2)19(23(3,21)22)7-12(20)18-9-4-5-11(14)10(6-9)13(15,16)17/h4-6,8H,7H2,1-3H3,(H,18,20). The van der Waals surface area contributed by atoms with Gasteiger partial charge in [0.2, 0.25) is 15.9 Å². The maximum Gasteiger partial charge on any atom is 0.417 e. The Bertz CT molecular complexity index is 690. The average Bonchev–Trinajstić information content (AvgIpc) is 2.35. The van der Waals surface area contributed by atoms with Crippen LogP contribution < -0.4 is 5.32 Å². The van der Waals surface area contributed by atoms with Gasteiger partial charge in [0, 0.05) is 11.7 Å². The Labute approximate surface area is 137 Å². The van der Waals surface area contributed by atoms with E-state index in [2.05, 4.69) is 5.32 Å². The number of anilines is 1. The molecule has 0 spiro atoms. The number of carbonyl (C=O) groups excluding carboxylic acids is 1. The molecule has 0 fully saturated rings. The molecule has 0 aromatic heterocycles. The number of amides is 1. The van der Waals surface area contributed by atoms with Gasteiger partial charge in [0.15, 0.2) is 0 Å². The zero-order chi connectivity index (χ0) is 18.0. The van der Waals surface area contributed by atoms with Crippen molar-refractivity contribution in [2.75, 3.05) is 18.1 Å². The van der Waals surface area contributed by atoms with E-state index in [4.69, 9.17) is 11.6 Å². The molecule has 0 heterocycles. The Morgan fingerprint density at radius 3 is 2.35 bits per heavy atom. The molecule has 1 rings (SSSR count). The molecule has 1 aromatic rings. The molecule has 0 aliphatic rings. The minimum absolute atomic E-state index is 0.121. The number of halogens is 4. The SMILES string of the molecule is CC(C)N(CC(=O)Nc1ccc(Cl)c(C(F)(F)F)c1)S(C)(=O)=O. The highest BCUT2D eigenvalue weighted by atomic mass is 35.5. The Kier molecular flexibility index (Phi) is 6.06. The van der Waals surface area contributed by atoms with E-state index in [-0.39, 0.29) is 5.69 Å². The molecule has 0 saturated carbocycles. The molecule has 0 atom stereocenters. The lowest BCUT2D eigenvalue weighted by Gasteiger charge is -2.23. The van der Waals surface area contributed by atoms with E-state index in [1.807, 2.05) is 0 Å². The highest BCUT2D eigenvalue weighted by Gasteiger charge is 2.33. The fourth-order valence-corrected chi connectivity index (χ4v) is 3.19. The smallest absolute Gasteiger partial charge is 0.325 e. The fraction of sp³-hybridized carbons (Fsp3) is 0.462. The molecule has 0 saturated heterocycles. The first-order chi connectivity index (χ1) is 10.3. The van der Waals surface area contributed by atoms with Crippen LogP contribution in [0.3, 0.4) is 0 Å². The van der Waals surface area contributed by atoms with Crippen molar-refractivity contribution in [1.82, 2.24) is 4.31 Å². The van der Waals surface area contributed by atoms with Gasteiger partial charge in [0.05, 0.1) is 23.4 Å². The maximum absolute atomic E-state index is 12.8. The topological polar surface area (TPSA) is 66.5 Å². The van der Waals surface area contributed by atoms with Gasteiger partial charge in [0.1, 0.15) is 0 Å². The summed E-state index contributed by atoms with van der Waals surface area (Å²) in [6, 6.07) is 2.44. The van der Waals surface area contributed by atoms with Crippen LogP contribution in [0.2, 0.25) is 5.02 Å². The van der Waals surface area contributed by atoms with E-state index in [9.17, 15) is 26.4 Å². The number of hydrogen-bond acceptors (Lipinski definition) is 3. The minimum atomic E-state index is -4.66. The lowest BCUT2D eigenvalue weighted by Crippen LogP contribution is -2.41. The van der Waals surface area contributed by atoms with Crippen molar-refractivity contribution < 1.29 is 26.4 Å². The normalized spacial score (nSPS) is 12.7. The molecule has 23 heavy (non-hydrogen) atoms. The Balaban J connectivity index is 2.94. The molecule has 1 amide bonds. The molecule has 0 bridgehead atoms. The van der Waals surface area contributed by atoms with Crippen molar-refractivity contribution in [3.05, 3.63) is 28.8 Å². The highest BCUT2D eigenvalue weighted by molar-refractivity contribution is 7.88. The van der Waals surface area contributed by atoms with Crippen LogP contribution in [0.25, 0.3) is 0 Å². The second-order valence-electron chi connectivity index (χ2n) is 5.14. The van der Waals surface area contributed by atoms with Crippen molar-refractivity contribution in [3.8, 4) is 0 Å². The van der Waals surface area contributed by atoms with E-state index < -0.39 is 45.3 Å². The Morgan fingerprint density at radius 2 is 1.91 bits per heavy atom. The van der Waals surface area contributed by atoms with Gasteiger partial charge >= 0.3 is 6.18 Å². The molecule has 0 radical (unpaired) electrons. The zero-order valence-electron chi connectivity index (χ0n) is 12.6. The van der Waals surface area contributed by atoms with Crippen LogP contribution in [0.5, 0.6) is 0 Å². The molecule has 130 valence electrons. The van der Waals surface area contributed by atoms with Gasteiger partial charge in [-0.1, -0.05) is 11.6 Å². The van der Waals surface area contributed by atoms with Crippen LogP contribution in [0.1, 0.15) is 19.4 Å². The van der Waals surface area contributed by atoms with Gasteiger partial charge in [-0.25, -0.2) is 8.42 Å². The second-order valence-corrected chi connectivity index (χ2v) is 7.48. The average molecular weight is 373 g/mol. The van der Waals surface area contributed by atoms with Crippen LogP contribution in [0.4, 0.5) is 18.9 Å². The molecule has 10 heteroatoms. The number of benzene rings is 1. The van der Waals surface area contributed by atoms with Gasteiger partial charge in [0.25, 0.3) is 0 Å². The molecular weight excluding hydrogens is 357 g/mol. The van der Waals surface area contributed by atoms with Crippen LogP contribution in [-0.2, 0) is 21.0 Å². The maximum atomic E-state index is 12.8. The van der Waals surface area contributed by atoms with E-state index >= 15 is 0 Å². The lowest BCUT2D eigenvalue weighted by molar-refractivity contribution is -0.137. The fourth-order valence-electron chi connectivity index (χ4n) is 1.85. The monoisotopic (exact) mass is 372 g/mol. The first-order valence-electron chi connectivity index (χ1n) is 6.45. The zero-order valence-corrected chi connectivity index (χ0v) is 14.2. The number of sulfonamides is 1. The molecule has 0 unspecified atom stereocenters. The first-order valence-corrected chi connectivity index (χ1v) is 8.68. The van der Waals surface area contributed by atoms with E-state index in [0.717, 1.165) is 16.6 Å². The number of carbonyl (C=O) groups is 1. The molecule has 1 aromatic carbocycles. The number of nitrogens with one attached hydrogen (secondary N) is 1. The molecular formula is C13H16ClF3N2O3S. The summed E-state index contributed by atoms with van der Waals surface area (Å²) in [6.45, 7) is 2.66. The van der Waals surface area contributed by atoms with Crippen LogP contribution in [-0.4, -0.2) is 37.5 Å². The summed E-state index contributed by atoms with van der Waals surface area (Å²) in [7, 11) is -3.62. The van der Waals surface area contributed by atoms with Crippen LogP contribution >= 0.6 is 11.6 Å². The van der Waals surface area contributed by atoms with Crippen LogP contribution in [0.15, 0.2) is 18.2 Å². The van der Waals surface area contributed by atoms with Gasteiger partial charge in [-0.15, -0.1) is 0 Å². The van der Waals surface area contributed by atoms with Gasteiger partial charge < -0.3 is 5.32 Å². The van der Waals surface area contributed by atoms with Gasteiger partial charge in [-0.3, -0.25) is 4.79 Å². The largest absolute Gasteiger partial charge is 0.417 e. The summed E-state index contributed by atoms with van der Waals surface area (Å²) in [5, 5.41) is 1.75. The third-order valence-electron chi connectivity index (χ3n) is 2.86. The summed E-state index contributed by atoms with van der Waals surface area (Å²) in [5.41, 5.74) is -1.20. The van der Waals surface area contributed by atoms with E-state index in [0.29, 0.717) is 6.07 Å². The summed E-state index contributed by atoms with van der Waals surface area (Å²) in [5.74, 6) is -0.750. The Morgan fingerprint density at radius 1 is 1.35 bits per heavy atom. The summed E-state index contributed by atoms with van der Waals surface area (Å²) < 4.78 is 62.3. The van der Waals surface area contributed by atoms with Crippen molar-refractivity contribution in [3.63, 3.8) is 0 Å². The number of hydrogen-bond donors (Lipinski definition) is 1. The lowest BCUT2D eigenvalue weighted by atomic mass is 10.2. The first kappa shape index (κ1) is 19.7. The predicted molar refractivity (Wildman–Crippen MR) is 81.8 cm³/mol. The minimum Gasteiger partial charge on any atom is -0.325 e. The molecule has 0 aliphatic carbocycles. The molecule has 1 N–H and O–H groups in total. The summed E-state index contributed by atoms with van der Waals surface area (Å²) >= 11 is 5.48. The van der Waals surface area contributed by atoms with Gasteiger partial charge in [-0.2, -0.15) is 17.5 Å². The van der Waals surface area contributed by atoms with Crippen molar-refractivity contribution in [1.29, 1.82) is 0 Å². The van der Waals surface area contributed by atoms with Crippen LogP contribution in [0, 0.1) is 0 Å². The van der Waals surface area contributed by atoms with E-state index in [1.165, 1.54) is 6.07 Å². The number of rotatable bonds is 5. The third-order valence-corrected chi connectivity index (χ3v) is 4.59. The van der Waals surface area contributed by atoms with Crippen molar-refractivity contribution in [2.24, 2.45) is 0 Å². The number of nitrogens with zero attached hydrogens (tertiary/aromatic N) is 1. The second kappa shape index (κ2) is 7.06. The number of alkyl halides is 3. The van der Waals surface area contributed by atoms with Crippen molar-refractivity contribution >= 4 is 33.2 Å². The van der Waals surface area contributed by atoms with Crippen molar-refractivity contribution in [2.45, 2.75) is 26.1 Å². The third kappa shape index (κ3) is 5.67. The molecule has 0 aliphatic heterocycles. The van der Waals surface area contributed by atoms with Gasteiger partial charge in [-0.05, 0) is 32.0 Å². The highest BCUT2D eigenvalue weighted by Crippen LogP contribution is 2.36. The Hall–Kier alpha value is -1.32. The van der Waals surface area contributed by atoms with E-state index in [1.54, 1.807) is 13.8 Å². The summed E-state index contributed by atoms with van der Waals surface area (Å²) in [4.78, 5) is 11.9. The summed E-state index contributed by atoms with van der Waals surface area (Å²) in [6.07, 6.45) is -3.71. The predicted octanol–water partition coefficient (Wildman–Crippen LogP) is 2.97. The molecule has 5 nitrogen and oxygen atoms in total. The quantitative estimate of drug-likeness (QED) is 0.864.